The number of pyridine rings is 1. The number of aromatic nitrogens is 1. The molecule has 0 aliphatic heterocycles. The molecule has 0 fully saturated rings. The molecule has 94 valence electrons. The van der Waals surface area contributed by atoms with E-state index in [0.717, 1.165) is 0 Å². The molecular weight excluding hydrogens is 280 g/mol. The highest BCUT2D eigenvalue weighted by atomic mass is 35.5. The fourth-order valence-corrected chi connectivity index (χ4v) is 1.69. The van der Waals surface area contributed by atoms with Crippen LogP contribution in [0, 0.1) is 5.82 Å². The zero-order chi connectivity index (χ0) is 13.1. The fourth-order valence-electron chi connectivity index (χ4n) is 1.29. The molecule has 0 atom stereocenters. The minimum atomic E-state index is -0.678. The number of hydrogen-bond acceptors (Lipinski definition) is 3. The predicted octanol–water partition coefficient (Wildman–Crippen LogP) is 3.81. The first-order valence-corrected chi connectivity index (χ1v) is 5.74. The van der Waals surface area contributed by atoms with Gasteiger partial charge >= 0.3 is 0 Å². The second-order valence-corrected chi connectivity index (χ2v) is 4.26. The van der Waals surface area contributed by atoms with Gasteiger partial charge in [-0.1, -0.05) is 29.3 Å². The van der Waals surface area contributed by atoms with Gasteiger partial charge in [-0.05, 0) is 23.8 Å². The molecular formula is C12H8Cl2FNO2. The van der Waals surface area contributed by atoms with Gasteiger partial charge in [0, 0.05) is 6.20 Å². The molecule has 0 aliphatic carbocycles. The van der Waals surface area contributed by atoms with Crippen molar-refractivity contribution in [3.63, 3.8) is 0 Å². The maximum absolute atomic E-state index is 13.6. The van der Waals surface area contributed by atoms with Gasteiger partial charge in [0.05, 0.1) is 11.6 Å². The van der Waals surface area contributed by atoms with E-state index >= 15 is 0 Å². The second-order valence-electron chi connectivity index (χ2n) is 3.44. The lowest BCUT2D eigenvalue weighted by Gasteiger charge is -2.08. The van der Waals surface area contributed by atoms with E-state index in [4.69, 9.17) is 33.0 Å². The van der Waals surface area contributed by atoms with E-state index in [1.165, 1.54) is 24.4 Å². The normalized spacial score (nSPS) is 10.4. The maximum atomic E-state index is 13.6. The molecule has 0 radical (unpaired) electrons. The highest BCUT2D eigenvalue weighted by molar-refractivity contribution is 6.32. The Kier molecular flexibility index (Phi) is 4.01. The molecule has 1 aromatic heterocycles. The lowest BCUT2D eigenvalue weighted by atomic mass is 10.3. The van der Waals surface area contributed by atoms with Gasteiger partial charge in [-0.3, -0.25) is 0 Å². The number of aliphatic hydroxyl groups excluding tert-OH is 1. The van der Waals surface area contributed by atoms with Gasteiger partial charge in [-0.25, -0.2) is 9.37 Å². The van der Waals surface area contributed by atoms with Crippen LogP contribution in [-0.2, 0) is 6.61 Å². The summed E-state index contributed by atoms with van der Waals surface area (Å²) in [4.78, 5) is 3.89. The topological polar surface area (TPSA) is 42.4 Å². The van der Waals surface area contributed by atoms with Crippen LogP contribution in [0.5, 0.6) is 11.6 Å². The van der Waals surface area contributed by atoms with Gasteiger partial charge in [0.1, 0.15) is 5.02 Å². The van der Waals surface area contributed by atoms with Crippen molar-refractivity contribution >= 4 is 23.2 Å². The zero-order valence-corrected chi connectivity index (χ0v) is 10.5. The first kappa shape index (κ1) is 13.1. The molecule has 1 heterocycles. The molecule has 1 aromatic carbocycles. The van der Waals surface area contributed by atoms with E-state index in [1.54, 1.807) is 6.07 Å². The van der Waals surface area contributed by atoms with Crippen molar-refractivity contribution in [1.82, 2.24) is 4.98 Å². The highest BCUT2D eigenvalue weighted by Crippen LogP contribution is 2.31. The Hall–Kier alpha value is -1.36. The molecule has 0 spiro atoms. The molecule has 2 rings (SSSR count). The van der Waals surface area contributed by atoms with E-state index < -0.39 is 5.82 Å². The van der Waals surface area contributed by atoms with Crippen molar-refractivity contribution < 1.29 is 14.2 Å². The van der Waals surface area contributed by atoms with Gasteiger partial charge < -0.3 is 9.84 Å². The third-order valence-electron chi connectivity index (χ3n) is 2.17. The van der Waals surface area contributed by atoms with Crippen LogP contribution in [0.3, 0.4) is 0 Å². The quantitative estimate of drug-likeness (QED) is 0.933. The third kappa shape index (κ3) is 2.72. The molecule has 0 bridgehead atoms. The summed E-state index contributed by atoms with van der Waals surface area (Å²) in [6, 6.07) is 5.87. The lowest BCUT2D eigenvalue weighted by molar-refractivity contribution is 0.281. The summed E-state index contributed by atoms with van der Waals surface area (Å²) in [5.41, 5.74) is 0.541. The summed E-state index contributed by atoms with van der Waals surface area (Å²) in [6.45, 7) is -0.182. The average molecular weight is 288 g/mol. The van der Waals surface area contributed by atoms with Crippen molar-refractivity contribution in [1.29, 1.82) is 0 Å². The monoisotopic (exact) mass is 287 g/mol. The Morgan fingerprint density at radius 2 is 2.06 bits per heavy atom. The Morgan fingerprint density at radius 1 is 1.28 bits per heavy atom. The van der Waals surface area contributed by atoms with Gasteiger partial charge in [0.15, 0.2) is 11.6 Å². The summed E-state index contributed by atoms with van der Waals surface area (Å²) in [6.07, 6.45) is 1.39. The summed E-state index contributed by atoms with van der Waals surface area (Å²) < 4.78 is 18.8. The number of halogens is 3. The van der Waals surface area contributed by atoms with Crippen molar-refractivity contribution in [2.75, 3.05) is 0 Å². The van der Waals surface area contributed by atoms with Crippen LogP contribution < -0.4 is 4.74 Å². The van der Waals surface area contributed by atoms with E-state index in [0.29, 0.717) is 5.56 Å². The number of rotatable bonds is 3. The van der Waals surface area contributed by atoms with Crippen LogP contribution in [0.4, 0.5) is 4.39 Å². The first-order chi connectivity index (χ1) is 8.61. The van der Waals surface area contributed by atoms with E-state index in [-0.39, 0.29) is 28.3 Å². The molecule has 1 N–H and O–H groups in total. The van der Waals surface area contributed by atoms with Gasteiger partial charge in [0.25, 0.3) is 0 Å². The Bertz CT molecular complexity index is 578. The Balaban J connectivity index is 2.31. The van der Waals surface area contributed by atoms with Gasteiger partial charge in [-0.15, -0.1) is 0 Å². The van der Waals surface area contributed by atoms with Crippen LogP contribution in [0.25, 0.3) is 0 Å². The number of hydrogen-bond donors (Lipinski definition) is 1. The van der Waals surface area contributed by atoms with Crippen LogP contribution >= 0.6 is 23.2 Å². The minimum absolute atomic E-state index is 0.0457. The largest absolute Gasteiger partial charge is 0.434 e. The Morgan fingerprint density at radius 3 is 2.72 bits per heavy atom. The zero-order valence-electron chi connectivity index (χ0n) is 9.03. The van der Waals surface area contributed by atoms with Crippen molar-refractivity contribution in [2.24, 2.45) is 0 Å². The smallest absolute Gasteiger partial charge is 0.238 e. The average Bonchev–Trinajstić information content (AvgIpc) is 2.37. The molecule has 3 nitrogen and oxygen atoms in total. The molecule has 6 heteroatoms. The fraction of sp³-hybridized carbons (Fsp3) is 0.0833. The minimum Gasteiger partial charge on any atom is -0.434 e. The van der Waals surface area contributed by atoms with Gasteiger partial charge in [-0.2, -0.15) is 0 Å². The van der Waals surface area contributed by atoms with Crippen molar-refractivity contribution in [3.8, 4) is 11.6 Å². The lowest BCUT2D eigenvalue weighted by Crippen LogP contribution is -1.94. The number of benzene rings is 1. The number of nitrogens with zero attached hydrogens (tertiary/aromatic N) is 1. The molecule has 0 saturated heterocycles. The van der Waals surface area contributed by atoms with E-state index in [9.17, 15) is 4.39 Å². The maximum Gasteiger partial charge on any atom is 0.238 e. The standard InChI is InChI=1S/C12H8Cl2FNO2/c13-8-2-1-3-10(11(8)15)18-12-9(14)4-7(6-17)5-16-12/h1-5,17H,6H2. The molecule has 0 unspecified atom stereocenters. The van der Waals surface area contributed by atoms with E-state index in [1.807, 2.05) is 0 Å². The molecule has 2 aromatic rings. The molecule has 0 aliphatic rings. The summed E-state index contributed by atoms with van der Waals surface area (Å²) in [5.74, 6) is -0.688. The summed E-state index contributed by atoms with van der Waals surface area (Å²) in [5, 5.41) is 9.04. The number of ether oxygens (including phenoxy) is 1. The highest BCUT2D eigenvalue weighted by Gasteiger charge is 2.11. The van der Waals surface area contributed by atoms with Crippen LogP contribution in [0.1, 0.15) is 5.56 Å². The van der Waals surface area contributed by atoms with E-state index in [2.05, 4.69) is 4.98 Å². The molecule has 18 heavy (non-hydrogen) atoms. The van der Waals surface area contributed by atoms with Crippen LogP contribution in [-0.4, -0.2) is 10.1 Å². The Labute approximate surface area is 113 Å². The van der Waals surface area contributed by atoms with Crippen molar-refractivity contribution in [3.05, 3.63) is 51.9 Å². The van der Waals surface area contributed by atoms with Crippen molar-refractivity contribution in [2.45, 2.75) is 6.61 Å². The first-order valence-electron chi connectivity index (χ1n) is 4.99. The number of aliphatic hydroxyl groups is 1. The second kappa shape index (κ2) is 5.52. The van der Waals surface area contributed by atoms with Gasteiger partial charge in [0.2, 0.25) is 5.88 Å². The van der Waals surface area contributed by atoms with Crippen LogP contribution in [0.15, 0.2) is 30.5 Å². The third-order valence-corrected chi connectivity index (χ3v) is 2.73. The summed E-state index contributed by atoms with van der Waals surface area (Å²) >= 11 is 11.5. The van der Waals surface area contributed by atoms with Crippen LogP contribution in [0.2, 0.25) is 10.0 Å². The molecule has 0 amide bonds. The predicted molar refractivity (Wildman–Crippen MR) is 66.7 cm³/mol. The SMILES string of the molecule is OCc1cnc(Oc2cccc(Cl)c2F)c(Cl)c1. The summed E-state index contributed by atoms with van der Waals surface area (Å²) in [7, 11) is 0. The molecule has 0 saturated carbocycles.